The van der Waals surface area contributed by atoms with Crippen molar-refractivity contribution in [2.24, 2.45) is 0 Å². The van der Waals surface area contributed by atoms with Gasteiger partial charge in [-0.2, -0.15) is 0 Å². The summed E-state index contributed by atoms with van der Waals surface area (Å²) in [5.74, 6) is 0. The van der Waals surface area contributed by atoms with Gasteiger partial charge in [-0.25, -0.2) is 0 Å². The van der Waals surface area contributed by atoms with Gasteiger partial charge in [-0.3, -0.25) is 0 Å². The van der Waals surface area contributed by atoms with Gasteiger partial charge in [-0.1, -0.05) is 90.5 Å². The molecule has 0 N–H and O–H groups in total. The molecule has 0 unspecified atom stereocenters. The minimum absolute atomic E-state index is 0.976. The van der Waals surface area contributed by atoms with Crippen LogP contribution in [0.15, 0.2) is 85.0 Å². The molecule has 0 aliphatic heterocycles. The first-order valence-electron chi connectivity index (χ1n) is 9.64. The highest BCUT2D eigenvalue weighted by atomic mass is 14.1. The predicted molar refractivity (Wildman–Crippen MR) is 120 cm³/mol. The van der Waals surface area contributed by atoms with Crippen molar-refractivity contribution in [2.45, 2.75) is 34.1 Å². The molecule has 0 nitrogen and oxygen atoms in total. The van der Waals surface area contributed by atoms with E-state index in [0.717, 1.165) is 6.42 Å². The lowest BCUT2D eigenvalue weighted by molar-refractivity contribution is 1.20. The molecule has 0 fully saturated rings. The Morgan fingerprint density at radius 1 is 0.852 bits per heavy atom. The van der Waals surface area contributed by atoms with Crippen molar-refractivity contribution in [3.63, 3.8) is 0 Å². The quantitative estimate of drug-likeness (QED) is 0.516. The Bertz CT molecular complexity index is 1120. The number of hydrogen-bond acceptors (Lipinski definition) is 0. The van der Waals surface area contributed by atoms with E-state index in [-0.39, 0.29) is 0 Å². The van der Waals surface area contributed by atoms with Crippen molar-refractivity contribution in [3.05, 3.63) is 107 Å². The molecular weight excluding hydrogens is 324 g/mol. The highest BCUT2D eigenvalue weighted by Gasteiger charge is 2.04. The largest absolute Gasteiger partial charge is 0.0877 e. The molecule has 0 atom stereocenters. The van der Waals surface area contributed by atoms with Crippen LogP contribution in [0.1, 0.15) is 31.9 Å². The van der Waals surface area contributed by atoms with Crippen LogP contribution < -0.4 is 10.4 Å². The molecule has 0 bridgehead atoms. The van der Waals surface area contributed by atoms with Gasteiger partial charge in [-0.05, 0) is 72.0 Å². The lowest BCUT2D eigenvalue weighted by atomic mass is 9.96. The smallest absolute Gasteiger partial charge is 0.00580 e. The van der Waals surface area contributed by atoms with Gasteiger partial charge in [0.25, 0.3) is 0 Å². The number of rotatable bonds is 4. The third kappa shape index (κ3) is 4.28. The summed E-state index contributed by atoms with van der Waals surface area (Å²) in [6, 6.07) is 21.9. The molecule has 0 radical (unpaired) electrons. The monoisotopic (exact) mass is 352 g/mol. The summed E-state index contributed by atoms with van der Waals surface area (Å²) in [6.45, 7) is 8.72. The van der Waals surface area contributed by atoms with E-state index in [1.54, 1.807) is 0 Å². The fourth-order valence-electron chi connectivity index (χ4n) is 3.64. The van der Waals surface area contributed by atoms with Gasteiger partial charge < -0.3 is 0 Å². The predicted octanol–water partition coefficient (Wildman–Crippen LogP) is 5.86. The number of hydrogen-bond donors (Lipinski definition) is 0. The van der Waals surface area contributed by atoms with Gasteiger partial charge in [-0.15, -0.1) is 0 Å². The van der Waals surface area contributed by atoms with Gasteiger partial charge in [0.1, 0.15) is 0 Å². The fourth-order valence-corrected chi connectivity index (χ4v) is 3.64. The highest BCUT2D eigenvalue weighted by Crippen LogP contribution is 2.13. The summed E-state index contributed by atoms with van der Waals surface area (Å²) in [5.41, 5.74) is 5.46. The molecule has 0 aliphatic carbocycles. The maximum Gasteiger partial charge on any atom is -0.00580 e. The first-order valence-corrected chi connectivity index (χ1v) is 9.64. The summed E-state index contributed by atoms with van der Waals surface area (Å²) in [7, 11) is 0. The molecular formula is C27H28. The van der Waals surface area contributed by atoms with Crippen molar-refractivity contribution in [1.82, 2.24) is 0 Å². The van der Waals surface area contributed by atoms with Gasteiger partial charge >= 0.3 is 0 Å². The van der Waals surface area contributed by atoms with Crippen molar-refractivity contribution < 1.29 is 0 Å². The fraction of sp³-hybridized carbons (Fsp3) is 0.185. The molecule has 0 saturated carbocycles. The van der Waals surface area contributed by atoms with Gasteiger partial charge in [0.15, 0.2) is 0 Å². The Hall–Kier alpha value is -2.86. The van der Waals surface area contributed by atoms with Crippen LogP contribution in [0.2, 0.25) is 0 Å². The Balaban J connectivity index is 2.31. The number of fused-ring (bicyclic) bond motifs is 1. The Morgan fingerprint density at radius 2 is 1.59 bits per heavy atom. The van der Waals surface area contributed by atoms with E-state index in [4.69, 9.17) is 0 Å². The van der Waals surface area contributed by atoms with Crippen LogP contribution in [0.3, 0.4) is 0 Å². The zero-order valence-corrected chi connectivity index (χ0v) is 16.8. The van der Waals surface area contributed by atoms with Crippen molar-refractivity contribution in [1.29, 1.82) is 0 Å². The van der Waals surface area contributed by atoms with Crippen molar-refractivity contribution in [2.75, 3.05) is 0 Å². The van der Waals surface area contributed by atoms with Crippen LogP contribution in [-0.2, 0) is 6.42 Å². The second-order valence-corrected chi connectivity index (χ2v) is 7.16. The van der Waals surface area contributed by atoms with Crippen LogP contribution in [0, 0.1) is 6.92 Å². The molecule has 3 aromatic carbocycles. The Labute approximate surface area is 162 Å². The average Bonchev–Trinajstić information content (AvgIpc) is 2.68. The van der Waals surface area contributed by atoms with Crippen LogP contribution >= 0.6 is 0 Å². The van der Waals surface area contributed by atoms with Crippen molar-refractivity contribution >= 4 is 21.9 Å². The maximum atomic E-state index is 2.29. The highest BCUT2D eigenvalue weighted by molar-refractivity contribution is 5.86. The standard InChI is InChI=1S/C27H28/c1-5-6-7-13-21(3)27-25(18-17-23-14-10-11-16-26(23)27)22(4)19-24-15-9-8-12-20(24)2/h5-18H,19H2,1-4H3/b6-5-,13-7-,25-22-,27-21-. The minimum Gasteiger partial charge on any atom is -0.0877 e. The number of allylic oxidation sites excluding steroid dienone is 4. The second kappa shape index (κ2) is 8.68. The van der Waals surface area contributed by atoms with E-state index in [9.17, 15) is 0 Å². The van der Waals surface area contributed by atoms with Crippen LogP contribution in [-0.4, -0.2) is 0 Å². The lowest BCUT2D eigenvalue weighted by Crippen LogP contribution is -2.29. The first-order chi connectivity index (χ1) is 13.1. The summed E-state index contributed by atoms with van der Waals surface area (Å²) in [4.78, 5) is 0. The molecule has 0 spiro atoms. The normalized spacial score (nSPS) is 14.2. The van der Waals surface area contributed by atoms with Crippen molar-refractivity contribution in [3.8, 4) is 0 Å². The zero-order chi connectivity index (χ0) is 19.2. The van der Waals surface area contributed by atoms with Crippen LogP contribution in [0.5, 0.6) is 0 Å². The zero-order valence-electron chi connectivity index (χ0n) is 16.8. The summed E-state index contributed by atoms with van der Waals surface area (Å²) in [5, 5.41) is 5.31. The molecule has 0 aliphatic rings. The van der Waals surface area contributed by atoms with Gasteiger partial charge in [0.2, 0.25) is 0 Å². The summed E-state index contributed by atoms with van der Waals surface area (Å²) < 4.78 is 0. The average molecular weight is 353 g/mol. The van der Waals surface area contributed by atoms with E-state index in [1.807, 2.05) is 6.92 Å². The van der Waals surface area contributed by atoms with E-state index in [0.29, 0.717) is 0 Å². The topological polar surface area (TPSA) is 0 Å². The van der Waals surface area contributed by atoms with Crippen LogP contribution in [0.4, 0.5) is 0 Å². The lowest BCUT2D eigenvalue weighted by Gasteiger charge is -2.09. The van der Waals surface area contributed by atoms with E-state index in [1.165, 1.54) is 43.5 Å². The third-order valence-corrected chi connectivity index (χ3v) is 5.15. The molecule has 0 aromatic heterocycles. The minimum atomic E-state index is 0.976. The van der Waals surface area contributed by atoms with E-state index in [2.05, 4.69) is 106 Å². The maximum absolute atomic E-state index is 2.29. The van der Waals surface area contributed by atoms with Crippen LogP contribution in [0.25, 0.3) is 21.9 Å². The van der Waals surface area contributed by atoms with E-state index < -0.39 is 0 Å². The Kier molecular flexibility index (Phi) is 6.08. The molecule has 136 valence electrons. The number of aryl methyl sites for hydroxylation is 1. The molecule has 3 rings (SSSR count). The number of benzene rings is 3. The first kappa shape index (κ1) is 18.9. The van der Waals surface area contributed by atoms with E-state index >= 15 is 0 Å². The molecule has 27 heavy (non-hydrogen) atoms. The Morgan fingerprint density at radius 3 is 2.37 bits per heavy atom. The molecule has 0 saturated heterocycles. The molecule has 3 aromatic rings. The molecule has 0 amide bonds. The summed E-state index contributed by atoms with van der Waals surface area (Å²) in [6.07, 6.45) is 9.45. The molecule has 0 heterocycles. The molecule has 0 heteroatoms. The van der Waals surface area contributed by atoms with Gasteiger partial charge in [0, 0.05) is 0 Å². The second-order valence-electron chi connectivity index (χ2n) is 7.16. The third-order valence-electron chi connectivity index (χ3n) is 5.15. The summed E-state index contributed by atoms with van der Waals surface area (Å²) >= 11 is 0. The SMILES string of the molecule is C\C=C/C=C\C(C)=c1\c(=C(\C)Cc2ccccc2C)ccc2ccccc12. The van der Waals surface area contributed by atoms with Gasteiger partial charge in [0.05, 0.1) is 0 Å².